The van der Waals surface area contributed by atoms with Crippen molar-refractivity contribution < 1.29 is 4.79 Å². The molecule has 0 spiro atoms. The third-order valence-electron chi connectivity index (χ3n) is 6.60. The van der Waals surface area contributed by atoms with Crippen LogP contribution in [0.4, 0.5) is 0 Å². The molecule has 4 rings (SSSR count). The lowest BCUT2D eigenvalue weighted by molar-refractivity contribution is -0.121. The number of carbonyl (C=O) groups is 1. The first kappa shape index (κ1) is 19.6. The molecule has 2 bridgehead atoms. The number of rotatable bonds is 6. The third-order valence-corrected chi connectivity index (χ3v) is 6.60. The lowest BCUT2D eigenvalue weighted by atomic mass is 9.87. The van der Waals surface area contributed by atoms with E-state index in [1.54, 1.807) is 0 Å². The second-order valence-corrected chi connectivity index (χ2v) is 10.3. The van der Waals surface area contributed by atoms with E-state index in [1.807, 2.05) is 0 Å². The highest BCUT2D eigenvalue weighted by Gasteiger charge is 2.40. The van der Waals surface area contributed by atoms with E-state index in [2.05, 4.69) is 55.8 Å². The first-order valence-corrected chi connectivity index (χ1v) is 11.0. The van der Waals surface area contributed by atoms with Gasteiger partial charge in [-0.05, 0) is 55.6 Å². The highest BCUT2D eigenvalue weighted by Crippen LogP contribution is 2.40. The molecular formula is C24H35N3O. The summed E-state index contributed by atoms with van der Waals surface area (Å²) < 4.78 is 0. The van der Waals surface area contributed by atoms with Crippen LogP contribution in [-0.4, -0.2) is 39.3 Å². The van der Waals surface area contributed by atoms with E-state index in [0.29, 0.717) is 30.2 Å². The molecule has 2 fully saturated rings. The Morgan fingerprint density at radius 2 is 1.93 bits per heavy atom. The minimum atomic E-state index is 0.105. The summed E-state index contributed by atoms with van der Waals surface area (Å²) in [6.07, 6.45) is 7.57. The quantitative estimate of drug-likeness (QED) is 0.761. The Bertz CT molecular complexity index is 833. The van der Waals surface area contributed by atoms with Gasteiger partial charge in [-0.25, -0.2) is 4.98 Å². The van der Waals surface area contributed by atoms with Gasteiger partial charge in [0.05, 0.1) is 11.0 Å². The maximum atomic E-state index is 12.3. The number of H-pyrrole nitrogens is 1. The number of aromatic nitrogens is 2. The van der Waals surface area contributed by atoms with Gasteiger partial charge in [-0.3, -0.25) is 9.69 Å². The van der Waals surface area contributed by atoms with Crippen LogP contribution in [-0.2, 0) is 11.2 Å². The first-order chi connectivity index (χ1) is 13.3. The van der Waals surface area contributed by atoms with Crippen LogP contribution in [0.1, 0.15) is 70.7 Å². The molecule has 0 radical (unpaired) electrons. The molecule has 1 unspecified atom stereocenters. The van der Waals surface area contributed by atoms with E-state index >= 15 is 0 Å². The Morgan fingerprint density at radius 1 is 1.21 bits per heavy atom. The molecule has 2 aliphatic rings. The van der Waals surface area contributed by atoms with E-state index in [-0.39, 0.29) is 5.41 Å². The molecule has 0 amide bonds. The molecule has 2 aliphatic heterocycles. The van der Waals surface area contributed by atoms with Gasteiger partial charge in [-0.15, -0.1) is 0 Å². The number of hydrogen-bond acceptors (Lipinski definition) is 3. The van der Waals surface area contributed by atoms with E-state index in [9.17, 15) is 4.79 Å². The Labute approximate surface area is 169 Å². The maximum Gasteiger partial charge on any atom is 0.134 e. The molecule has 4 nitrogen and oxygen atoms in total. The molecule has 1 aromatic heterocycles. The fourth-order valence-electron chi connectivity index (χ4n) is 5.45. The van der Waals surface area contributed by atoms with Crippen LogP contribution in [0.2, 0.25) is 0 Å². The van der Waals surface area contributed by atoms with Crippen LogP contribution >= 0.6 is 0 Å². The largest absolute Gasteiger partial charge is 0.342 e. The topological polar surface area (TPSA) is 49.0 Å². The number of aromatic amines is 1. The number of fused-ring (bicyclic) bond motifs is 3. The minimum Gasteiger partial charge on any atom is -0.342 e. The number of imidazole rings is 1. The van der Waals surface area contributed by atoms with Gasteiger partial charge in [0.15, 0.2) is 0 Å². The smallest absolute Gasteiger partial charge is 0.134 e. The second-order valence-electron chi connectivity index (χ2n) is 10.3. The molecule has 3 atom stereocenters. The summed E-state index contributed by atoms with van der Waals surface area (Å²) in [6, 6.07) is 7.68. The molecule has 0 aliphatic carbocycles. The van der Waals surface area contributed by atoms with E-state index in [0.717, 1.165) is 36.2 Å². The second kappa shape index (κ2) is 7.62. The van der Waals surface area contributed by atoms with Gasteiger partial charge in [0.1, 0.15) is 11.6 Å². The lowest BCUT2D eigenvalue weighted by Crippen LogP contribution is -2.44. The van der Waals surface area contributed by atoms with Gasteiger partial charge in [0.2, 0.25) is 0 Å². The predicted octanol–water partition coefficient (Wildman–Crippen LogP) is 5.05. The maximum absolute atomic E-state index is 12.3. The summed E-state index contributed by atoms with van der Waals surface area (Å²) in [5, 5.41) is 0. The van der Waals surface area contributed by atoms with Crippen molar-refractivity contribution >= 4 is 16.8 Å². The summed E-state index contributed by atoms with van der Waals surface area (Å²) >= 11 is 0. The third kappa shape index (κ3) is 4.32. The van der Waals surface area contributed by atoms with Crippen molar-refractivity contribution in [3.8, 4) is 0 Å². The van der Waals surface area contributed by atoms with Gasteiger partial charge in [0.25, 0.3) is 0 Å². The minimum absolute atomic E-state index is 0.105. The standard InChI is InChI=1S/C24H35N3O/c1-16-6-5-7-21-23(16)26-22(25-21)14-17-12-18-8-9-19(13-17)27(18)11-10-20(28)15-24(2,3)4/h5-7,17-19H,8-15H2,1-4H3,(H,25,26)/t17?,18-,19+. The summed E-state index contributed by atoms with van der Waals surface area (Å²) in [6.45, 7) is 9.55. The molecule has 3 heterocycles. The average molecular weight is 382 g/mol. The average Bonchev–Trinajstić information content (AvgIpc) is 3.10. The molecule has 4 heteroatoms. The van der Waals surface area contributed by atoms with Crippen molar-refractivity contribution in [2.45, 2.75) is 84.7 Å². The van der Waals surface area contributed by atoms with Crippen LogP contribution < -0.4 is 0 Å². The van der Waals surface area contributed by atoms with Crippen molar-refractivity contribution in [3.63, 3.8) is 0 Å². The molecule has 0 saturated carbocycles. The number of nitrogens with one attached hydrogen (secondary N) is 1. The molecule has 1 N–H and O–H groups in total. The molecule has 28 heavy (non-hydrogen) atoms. The van der Waals surface area contributed by atoms with Crippen LogP contribution in [0, 0.1) is 18.3 Å². The number of Topliss-reactive ketones (excluding diaryl/α,β-unsaturated/α-hetero) is 1. The highest BCUT2D eigenvalue weighted by molar-refractivity contribution is 5.79. The summed E-state index contributed by atoms with van der Waals surface area (Å²) in [5.74, 6) is 2.27. The van der Waals surface area contributed by atoms with Crippen LogP contribution in [0.15, 0.2) is 18.2 Å². The zero-order valence-corrected chi connectivity index (χ0v) is 17.9. The molecule has 2 saturated heterocycles. The van der Waals surface area contributed by atoms with Crippen molar-refractivity contribution in [3.05, 3.63) is 29.6 Å². The number of benzene rings is 1. The van der Waals surface area contributed by atoms with E-state index in [4.69, 9.17) is 4.98 Å². The predicted molar refractivity (Wildman–Crippen MR) is 114 cm³/mol. The fourth-order valence-corrected chi connectivity index (χ4v) is 5.45. The van der Waals surface area contributed by atoms with Gasteiger partial charge in [-0.1, -0.05) is 32.9 Å². The van der Waals surface area contributed by atoms with Crippen molar-refractivity contribution in [1.82, 2.24) is 14.9 Å². The van der Waals surface area contributed by atoms with Gasteiger partial charge >= 0.3 is 0 Å². The summed E-state index contributed by atoms with van der Waals surface area (Å²) in [7, 11) is 0. The lowest BCUT2D eigenvalue weighted by Gasteiger charge is -2.39. The monoisotopic (exact) mass is 381 g/mol. The molecular weight excluding hydrogens is 346 g/mol. The van der Waals surface area contributed by atoms with E-state index < -0.39 is 0 Å². The number of ketones is 1. The number of aryl methyl sites for hydroxylation is 1. The number of nitrogens with zero attached hydrogens (tertiary/aromatic N) is 2. The zero-order valence-electron chi connectivity index (χ0n) is 17.9. The van der Waals surface area contributed by atoms with Gasteiger partial charge < -0.3 is 4.98 Å². The van der Waals surface area contributed by atoms with Crippen LogP contribution in [0.3, 0.4) is 0 Å². The van der Waals surface area contributed by atoms with Gasteiger partial charge in [-0.2, -0.15) is 0 Å². The molecule has 152 valence electrons. The number of para-hydroxylation sites is 1. The normalized spacial score (nSPS) is 25.5. The number of piperidine rings is 1. The Morgan fingerprint density at radius 3 is 2.57 bits per heavy atom. The molecule has 1 aromatic carbocycles. The fraction of sp³-hybridized carbons (Fsp3) is 0.667. The first-order valence-electron chi connectivity index (χ1n) is 11.0. The van der Waals surface area contributed by atoms with Crippen LogP contribution in [0.25, 0.3) is 11.0 Å². The number of carbonyl (C=O) groups excluding carboxylic acids is 1. The van der Waals surface area contributed by atoms with Crippen molar-refractivity contribution in [2.24, 2.45) is 11.3 Å². The number of hydrogen-bond donors (Lipinski definition) is 1. The Kier molecular flexibility index (Phi) is 5.34. The zero-order chi connectivity index (χ0) is 19.9. The van der Waals surface area contributed by atoms with Crippen LogP contribution in [0.5, 0.6) is 0 Å². The van der Waals surface area contributed by atoms with E-state index in [1.165, 1.54) is 31.2 Å². The Balaban J connectivity index is 1.34. The Hall–Kier alpha value is -1.68. The summed E-state index contributed by atoms with van der Waals surface area (Å²) in [5.41, 5.74) is 3.63. The SMILES string of the molecule is Cc1cccc2[nH]c(CC3C[C@H]4CC[C@@H](C3)N4CCC(=O)CC(C)(C)C)nc12. The van der Waals surface area contributed by atoms with Gasteiger partial charge in [0, 0.05) is 37.9 Å². The highest BCUT2D eigenvalue weighted by atomic mass is 16.1. The molecule has 2 aromatic rings. The van der Waals surface area contributed by atoms with Crippen molar-refractivity contribution in [2.75, 3.05) is 6.54 Å². The summed E-state index contributed by atoms with van der Waals surface area (Å²) in [4.78, 5) is 23.4. The van der Waals surface area contributed by atoms with Crippen molar-refractivity contribution in [1.29, 1.82) is 0 Å².